The predicted octanol–water partition coefficient (Wildman–Crippen LogP) is 2.22. The maximum Gasteiger partial charge on any atom is 0.101 e. The van der Waals surface area contributed by atoms with Crippen molar-refractivity contribution in [3.63, 3.8) is 0 Å². The first-order valence-electron chi connectivity index (χ1n) is 1.97. The minimum absolute atomic E-state index is 0.788. The summed E-state index contributed by atoms with van der Waals surface area (Å²) < 4.78 is 1.07. The Morgan fingerprint density at radius 2 is 2.50 bits per heavy atom. The van der Waals surface area contributed by atoms with Gasteiger partial charge in [-0.2, -0.15) is 5.26 Å². The maximum atomic E-state index is 8.36. The average molecular weight is 235 g/mol. The molecule has 1 aromatic rings. The number of hydrogen-bond donors (Lipinski definition) is 0. The molecule has 0 aliphatic rings. The number of nitrogens with zero attached hydrogens (tertiary/aromatic N) is 1. The third-order valence-electron chi connectivity index (χ3n) is 0.738. The molecule has 1 rings (SSSR count). The molecule has 0 radical (unpaired) electrons. The standard InChI is InChI=1S/C5H2INS/c6-5-4(3-7)1-2-8-5/h1-2H. The van der Waals surface area contributed by atoms with Crippen LogP contribution in [-0.4, -0.2) is 0 Å². The van der Waals surface area contributed by atoms with Crippen molar-refractivity contribution in [1.82, 2.24) is 0 Å². The van der Waals surface area contributed by atoms with Gasteiger partial charge in [-0.1, -0.05) is 0 Å². The Morgan fingerprint density at radius 1 is 1.75 bits per heavy atom. The lowest BCUT2D eigenvalue weighted by atomic mass is 10.4. The molecule has 0 atom stereocenters. The first kappa shape index (κ1) is 6.05. The number of nitriles is 1. The Morgan fingerprint density at radius 3 is 2.75 bits per heavy atom. The Balaban J connectivity index is 3.15. The van der Waals surface area contributed by atoms with E-state index >= 15 is 0 Å². The minimum Gasteiger partial charge on any atom is -0.192 e. The first-order valence-corrected chi connectivity index (χ1v) is 3.93. The van der Waals surface area contributed by atoms with Crippen LogP contribution >= 0.6 is 33.9 Å². The van der Waals surface area contributed by atoms with Gasteiger partial charge in [0.15, 0.2) is 0 Å². The Bertz CT molecular complexity index is 223. The number of thiophene rings is 1. The van der Waals surface area contributed by atoms with Gasteiger partial charge in [-0.25, -0.2) is 0 Å². The number of hydrogen-bond acceptors (Lipinski definition) is 2. The van der Waals surface area contributed by atoms with Crippen molar-refractivity contribution >= 4 is 33.9 Å². The molecule has 0 saturated heterocycles. The van der Waals surface area contributed by atoms with E-state index in [1.165, 1.54) is 0 Å². The summed E-state index contributed by atoms with van der Waals surface area (Å²) in [6, 6.07) is 3.90. The molecule has 1 aromatic heterocycles. The minimum atomic E-state index is 0.788. The molecule has 0 aliphatic heterocycles. The zero-order valence-corrected chi connectivity index (χ0v) is 6.86. The van der Waals surface area contributed by atoms with Crippen molar-refractivity contribution < 1.29 is 0 Å². The molecular weight excluding hydrogens is 233 g/mol. The van der Waals surface area contributed by atoms with E-state index in [0.717, 1.165) is 8.45 Å². The predicted molar refractivity (Wildman–Crippen MR) is 41.8 cm³/mol. The van der Waals surface area contributed by atoms with Crippen molar-refractivity contribution in [2.45, 2.75) is 0 Å². The van der Waals surface area contributed by atoms with Gasteiger partial charge in [0.05, 0.1) is 8.45 Å². The normalized spacial score (nSPS) is 8.50. The van der Waals surface area contributed by atoms with Crippen LogP contribution in [0.3, 0.4) is 0 Å². The molecule has 0 aromatic carbocycles. The Kier molecular flexibility index (Phi) is 1.86. The molecular formula is C5H2INS. The summed E-state index contributed by atoms with van der Waals surface area (Å²) in [5.41, 5.74) is 0.788. The molecule has 0 unspecified atom stereocenters. The smallest absolute Gasteiger partial charge is 0.101 e. The number of halogens is 1. The van der Waals surface area contributed by atoms with E-state index in [1.807, 2.05) is 11.4 Å². The highest BCUT2D eigenvalue weighted by molar-refractivity contribution is 14.1. The molecule has 0 spiro atoms. The second-order valence-electron chi connectivity index (χ2n) is 1.22. The summed E-state index contributed by atoms with van der Waals surface area (Å²) in [5.74, 6) is 0. The molecule has 1 heterocycles. The lowest BCUT2D eigenvalue weighted by Crippen LogP contribution is -1.64. The highest BCUT2D eigenvalue weighted by Crippen LogP contribution is 2.16. The molecule has 0 N–H and O–H groups in total. The summed E-state index contributed by atoms with van der Waals surface area (Å²) >= 11 is 3.74. The fraction of sp³-hybridized carbons (Fsp3) is 0. The van der Waals surface area contributed by atoms with Crippen molar-refractivity contribution in [2.24, 2.45) is 0 Å². The van der Waals surface area contributed by atoms with Crippen LogP contribution < -0.4 is 0 Å². The van der Waals surface area contributed by atoms with Crippen LogP contribution in [0.2, 0.25) is 0 Å². The van der Waals surface area contributed by atoms with Crippen LogP contribution in [0, 0.1) is 14.2 Å². The van der Waals surface area contributed by atoms with Crippen LogP contribution in [0.5, 0.6) is 0 Å². The van der Waals surface area contributed by atoms with Crippen LogP contribution in [0.25, 0.3) is 0 Å². The van der Waals surface area contributed by atoms with Crippen LogP contribution in [0.1, 0.15) is 5.56 Å². The summed E-state index contributed by atoms with van der Waals surface area (Å²) in [7, 11) is 0. The fourth-order valence-electron chi connectivity index (χ4n) is 0.372. The van der Waals surface area contributed by atoms with E-state index in [2.05, 4.69) is 28.7 Å². The monoisotopic (exact) mass is 235 g/mol. The van der Waals surface area contributed by atoms with Crippen LogP contribution in [0.4, 0.5) is 0 Å². The van der Waals surface area contributed by atoms with Gasteiger partial charge in [-0.05, 0) is 34.0 Å². The van der Waals surface area contributed by atoms with Gasteiger partial charge in [0.2, 0.25) is 0 Å². The van der Waals surface area contributed by atoms with E-state index in [1.54, 1.807) is 11.3 Å². The highest BCUT2D eigenvalue weighted by atomic mass is 127. The second kappa shape index (κ2) is 2.46. The molecule has 0 amide bonds. The third kappa shape index (κ3) is 1.01. The Labute approximate surface area is 65.1 Å². The second-order valence-corrected chi connectivity index (χ2v) is 3.95. The number of rotatable bonds is 0. The van der Waals surface area contributed by atoms with E-state index in [0.29, 0.717) is 0 Å². The molecule has 40 valence electrons. The largest absolute Gasteiger partial charge is 0.192 e. The molecule has 0 saturated carbocycles. The average Bonchev–Trinajstić information content (AvgIpc) is 2.14. The molecule has 1 nitrogen and oxygen atoms in total. The highest BCUT2D eigenvalue weighted by Gasteiger charge is 1.95. The fourth-order valence-corrected chi connectivity index (χ4v) is 1.68. The van der Waals surface area contributed by atoms with E-state index in [9.17, 15) is 0 Å². The van der Waals surface area contributed by atoms with Crippen molar-refractivity contribution in [1.29, 1.82) is 5.26 Å². The van der Waals surface area contributed by atoms with Gasteiger partial charge in [0.1, 0.15) is 6.07 Å². The molecule has 0 aliphatic carbocycles. The quantitative estimate of drug-likeness (QED) is 0.632. The van der Waals surface area contributed by atoms with Crippen molar-refractivity contribution in [2.75, 3.05) is 0 Å². The summed E-state index contributed by atoms with van der Waals surface area (Å²) in [6.07, 6.45) is 0. The van der Waals surface area contributed by atoms with Gasteiger partial charge in [-0.15, -0.1) is 11.3 Å². The van der Waals surface area contributed by atoms with Gasteiger partial charge >= 0.3 is 0 Å². The summed E-state index contributed by atoms with van der Waals surface area (Å²) in [6.45, 7) is 0. The van der Waals surface area contributed by atoms with Gasteiger partial charge in [-0.3, -0.25) is 0 Å². The van der Waals surface area contributed by atoms with Gasteiger partial charge < -0.3 is 0 Å². The van der Waals surface area contributed by atoms with E-state index in [4.69, 9.17) is 5.26 Å². The molecule has 0 bridgehead atoms. The van der Waals surface area contributed by atoms with E-state index in [-0.39, 0.29) is 0 Å². The first-order chi connectivity index (χ1) is 3.84. The topological polar surface area (TPSA) is 23.8 Å². The maximum absolute atomic E-state index is 8.36. The van der Waals surface area contributed by atoms with E-state index < -0.39 is 0 Å². The van der Waals surface area contributed by atoms with Crippen LogP contribution in [0.15, 0.2) is 11.4 Å². The van der Waals surface area contributed by atoms with Gasteiger partial charge in [0.25, 0.3) is 0 Å². The SMILES string of the molecule is N#Cc1ccsc1I. The Hall–Kier alpha value is -0.0800. The third-order valence-corrected chi connectivity index (χ3v) is 2.78. The molecule has 3 heteroatoms. The van der Waals surface area contributed by atoms with Crippen molar-refractivity contribution in [3.05, 3.63) is 19.9 Å². The molecule has 0 fully saturated rings. The van der Waals surface area contributed by atoms with Crippen LogP contribution in [-0.2, 0) is 0 Å². The summed E-state index contributed by atoms with van der Waals surface area (Å²) in [4.78, 5) is 0. The lowest BCUT2D eigenvalue weighted by Gasteiger charge is -1.74. The van der Waals surface area contributed by atoms with Gasteiger partial charge in [0, 0.05) is 0 Å². The lowest BCUT2D eigenvalue weighted by molar-refractivity contribution is 1.50. The summed E-state index contributed by atoms with van der Waals surface area (Å²) in [5, 5.41) is 10.3. The molecule has 8 heavy (non-hydrogen) atoms. The van der Waals surface area contributed by atoms with Crippen molar-refractivity contribution in [3.8, 4) is 6.07 Å². The zero-order valence-electron chi connectivity index (χ0n) is 3.89. The zero-order chi connectivity index (χ0) is 5.98.